The van der Waals surface area contributed by atoms with Crippen LogP contribution in [0.1, 0.15) is 25.7 Å². The molecule has 2 aromatic heterocycles. The molecule has 0 bridgehead atoms. The Balaban J connectivity index is 1.77. The van der Waals surface area contributed by atoms with E-state index >= 15 is 0 Å². The zero-order valence-electron chi connectivity index (χ0n) is 11.7. The van der Waals surface area contributed by atoms with Crippen LogP contribution in [-0.4, -0.2) is 38.2 Å². The van der Waals surface area contributed by atoms with E-state index in [9.17, 15) is 4.79 Å². The predicted octanol–water partition coefficient (Wildman–Crippen LogP) is 1.13. The fourth-order valence-electron chi connectivity index (χ4n) is 2.47. The molecule has 0 saturated carbocycles. The molecule has 0 aromatic carbocycles. The number of nitrogens with one attached hydrogen (secondary N) is 2. The van der Waals surface area contributed by atoms with Crippen molar-refractivity contribution in [3.63, 3.8) is 0 Å². The highest BCUT2D eigenvalue weighted by Gasteiger charge is 2.20. The van der Waals surface area contributed by atoms with E-state index in [0.29, 0.717) is 11.5 Å². The number of anilines is 1. The largest absolute Gasteiger partial charge is 0.322 e. The van der Waals surface area contributed by atoms with E-state index in [-0.39, 0.29) is 11.9 Å². The first-order chi connectivity index (χ1) is 10.3. The van der Waals surface area contributed by atoms with Crippen LogP contribution in [0.3, 0.4) is 0 Å². The summed E-state index contributed by atoms with van der Waals surface area (Å²) in [5.74, 6) is 0.545. The van der Waals surface area contributed by atoms with Gasteiger partial charge in [0, 0.05) is 6.20 Å². The van der Waals surface area contributed by atoms with E-state index in [1.165, 1.54) is 17.4 Å². The maximum Gasteiger partial charge on any atom is 0.241 e. The van der Waals surface area contributed by atoms with Gasteiger partial charge >= 0.3 is 0 Å². The molecule has 110 valence electrons. The maximum absolute atomic E-state index is 12.4. The standard InChI is InChI=1S/C14H18N6O/c21-14(12-5-2-1-3-7-16-12)19-11-6-4-8-17-13(11)20-10-15-9-18-20/h4,6,8-10,12,16H,1-3,5,7H2,(H,19,21). The van der Waals surface area contributed by atoms with Crippen LogP contribution in [0.2, 0.25) is 0 Å². The van der Waals surface area contributed by atoms with Crippen molar-refractivity contribution in [3.8, 4) is 5.82 Å². The summed E-state index contributed by atoms with van der Waals surface area (Å²) in [5, 5.41) is 10.3. The van der Waals surface area contributed by atoms with E-state index in [1.54, 1.807) is 18.6 Å². The zero-order chi connectivity index (χ0) is 14.5. The number of amides is 1. The quantitative estimate of drug-likeness (QED) is 0.883. The SMILES string of the molecule is O=C(Nc1cccnc1-n1cncn1)C1CCCCCN1. The fourth-order valence-corrected chi connectivity index (χ4v) is 2.47. The number of hydrogen-bond donors (Lipinski definition) is 2. The minimum Gasteiger partial charge on any atom is -0.322 e. The van der Waals surface area contributed by atoms with Crippen molar-refractivity contribution in [3.05, 3.63) is 31.0 Å². The Hall–Kier alpha value is -2.28. The molecule has 0 spiro atoms. The van der Waals surface area contributed by atoms with Crippen LogP contribution in [0.15, 0.2) is 31.0 Å². The molecule has 1 amide bonds. The summed E-state index contributed by atoms with van der Waals surface area (Å²) >= 11 is 0. The summed E-state index contributed by atoms with van der Waals surface area (Å²) < 4.78 is 1.54. The maximum atomic E-state index is 12.4. The lowest BCUT2D eigenvalue weighted by Crippen LogP contribution is -2.40. The number of carbonyl (C=O) groups is 1. The van der Waals surface area contributed by atoms with Crippen LogP contribution >= 0.6 is 0 Å². The van der Waals surface area contributed by atoms with Crippen molar-refractivity contribution >= 4 is 11.6 Å². The summed E-state index contributed by atoms with van der Waals surface area (Å²) in [5.41, 5.74) is 0.638. The van der Waals surface area contributed by atoms with Gasteiger partial charge in [0.05, 0.1) is 11.7 Å². The minimum atomic E-state index is -0.142. The number of carbonyl (C=O) groups excluding carboxylic acids is 1. The van der Waals surface area contributed by atoms with Gasteiger partial charge in [0.2, 0.25) is 5.91 Å². The van der Waals surface area contributed by atoms with Gasteiger partial charge in [0.25, 0.3) is 0 Å². The van der Waals surface area contributed by atoms with Gasteiger partial charge in [-0.2, -0.15) is 5.10 Å². The predicted molar refractivity (Wildman–Crippen MR) is 78.0 cm³/mol. The van der Waals surface area contributed by atoms with Crippen LogP contribution in [-0.2, 0) is 4.79 Å². The van der Waals surface area contributed by atoms with Crippen LogP contribution in [0, 0.1) is 0 Å². The first kappa shape index (κ1) is 13.7. The Kier molecular flexibility index (Phi) is 4.20. The molecular weight excluding hydrogens is 268 g/mol. The van der Waals surface area contributed by atoms with Crippen LogP contribution in [0.4, 0.5) is 5.69 Å². The summed E-state index contributed by atoms with van der Waals surface area (Å²) in [7, 11) is 0. The molecule has 1 aliphatic heterocycles. The van der Waals surface area contributed by atoms with E-state index < -0.39 is 0 Å². The van der Waals surface area contributed by atoms with E-state index in [0.717, 1.165) is 25.8 Å². The average molecular weight is 286 g/mol. The molecule has 2 N–H and O–H groups in total. The summed E-state index contributed by atoms with van der Waals surface area (Å²) in [6.07, 6.45) is 8.90. The monoisotopic (exact) mass is 286 g/mol. The molecule has 1 saturated heterocycles. The number of hydrogen-bond acceptors (Lipinski definition) is 5. The van der Waals surface area contributed by atoms with Gasteiger partial charge < -0.3 is 10.6 Å². The Morgan fingerprint density at radius 1 is 1.38 bits per heavy atom. The molecule has 3 rings (SSSR count). The lowest BCUT2D eigenvalue weighted by molar-refractivity contribution is -0.118. The smallest absolute Gasteiger partial charge is 0.241 e. The van der Waals surface area contributed by atoms with Crippen molar-refractivity contribution in [1.82, 2.24) is 25.1 Å². The Morgan fingerprint density at radius 2 is 2.33 bits per heavy atom. The Morgan fingerprint density at radius 3 is 3.19 bits per heavy atom. The molecule has 7 nitrogen and oxygen atoms in total. The first-order valence-corrected chi connectivity index (χ1v) is 7.19. The van der Waals surface area contributed by atoms with Gasteiger partial charge in [-0.3, -0.25) is 4.79 Å². The molecule has 1 atom stereocenters. The first-order valence-electron chi connectivity index (χ1n) is 7.19. The van der Waals surface area contributed by atoms with Gasteiger partial charge in [0.1, 0.15) is 12.7 Å². The molecule has 7 heteroatoms. The van der Waals surface area contributed by atoms with Crippen LogP contribution in [0.25, 0.3) is 5.82 Å². The number of pyridine rings is 1. The molecular formula is C14H18N6O. The van der Waals surface area contributed by atoms with Gasteiger partial charge in [0.15, 0.2) is 5.82 Å². The Bertz CT molecular complexity index is 589. The lowest BCUT2D eigenvalue weighted by Gasteiger charge is -2.16. The highest BCUT2D eigenvalue weighted by atomic mass is 16.2. The third-order valence-corrected chi connectivity index (χ3v) is 3.56. The van der Waals surface area contributed by atoms with Crippen LogP contribution < -0.4 is 10.6 Å². The van der Waals surface area contributed by atoms with Gasteiger partial charge in [-0.15, -0.1) is 0 Å². The normalized spacial score (nSPS) is 19.0. The zero-order valence-corrected chi connectivity index (χ0v) is 11.7. The molecule has 3 heterocycles. The molecule has 0 aliphatic carbocycles. The molecule has 2 aromatic rings. The fraction of sp³-hybridized carbons (Fsp3) is 0.429. The van der Waals surface area contributed by atoms with Crippen LogP contribution in [0.5, 0.6) is 0 Å². The van der Waals surface area contributed by atoms with Crippen molar-refractivity contribution in [2.45, 2.75) is 31.7 Å². The van der Waals surface area contributed by atoms with E-state index in [4.69, 9.17) is 0 Å². The van der Waals surface area contributed by atoms with Crippen molar-refractivity contribution < 1.29 is 4.79 Å². The highest BCUT2D eigenvalue weighted by molar-refractivity contribution is 5.96. The molecule has 0 radical (unpaired) electrons. The van der Waals surface area contributed by atoms with Gasteiger partial charge in [-0.1, -0.05) is 12.8 Å². The molecule has 21 heavy (non-hydrogen) atoms. The highest BCUT2D eigenvalue weighted by Crippen LogP contribution is 2.17. The molecule has 1 fully saturated rings. The van der Waals surface area contributed by atoms with E-state index in [2.05, 4.69) is 25.7 Å². The third-order valence-electron chi connectivity index (χ3n) is 3.56. The van der Waals surface area contributed by atoms with Crippen molar-refractivity contribution in [2.75, 3.05) is 11.9 Å². The second-order valence-corrected chi connectivity index (χ2v) is 5.06. The third kappa shape index (κ3) is 3.25. The van der Waals surface area contributed by atoms with Gasteiger partial charge in [-0.25, -0.2) is 14.6 Å². The van der Waals surface area contributed by atoms with E-state index in [1.807, 2.05) is 6.07 Å². The number of aromatic nitrogens is 4. The summed E-state index contributed by atoms with van der Waals surface area (Å²) in [6, 6.07) is 3.46. The summed E-state index contributed by atoms with van der Waals surface area (Å²) in [6.45, 7) is 0.890. The van der Waals surface area contributed by atoms with Gasteiger partial charge in [-0.05, 0) is 31.5 Å². The summed E-state index contributed by atoms with van der Waals surface area (Å²) in [4.78, 5) is 20.6. The number of rotatable bonds is 3. The lowest BCUT2D eigenvalue weighted by atomic mass is 10.1. The molecule has 1 aliphatic rings. The average Bonchev–Trinajstić information content (AvgIpc) is 2.89. The number of nitrogens with zero attached hydrogens (tertiary/aromatic N) is 4. The topological polar surface area (TPSA) is 84.7 Å². The Labute approximate surface area is 122 Å². The van der Waals surface area contributed by atoms with Crippen molar-refractivity contribution in [2.24, 2.45) is 0 Å². The second-order valence-electron chi connectivity index (χ2n) is 5.06. The second kappa shape index (κ2) is 6.45. The molecule has 1 unspecified atom stereocenters. The minimum absolute atomic E-state index is 0.0220. The van der Waals surface area contributed by atoms with Crippen molar-refractivity contribution in [1.29, 1.82) is 0 Å².